The van der Waals surface area contributed by atoms with E-state index in [0.717, 1.165) is 37.0 Å². The molecular weight excluding hydrogens is 324 g/mol. The van der Waals surface area contributed by atoms with E-state index in [1.807, 2.05) is 24.0 Å². The molecule has 1 atom stereocenters. The van der Waals surface area contributed by atoms with Crippen LogP contribution in [0.2, 0.25) is 0 Å². The van der Waals surface area contributed by atoms with Crippen LogP contribution in [0.1, 0.15) is 10.8 Å². The maximum Gasteiger partial charge on any atom is 0.266 e. The van der Waals surface area contributed by atoms with E-state index in [1.54, 1.807) is 34.3 Å². The molecule has 0 saturated carbocycles. The van der Waals surface area contributed by atoms with Crippen molar-refractivity contribution in [1.29, 1.82) is 0 Å². The molecule has 0 saturated heterocycles. The van der Waals surface area contributed by atoms with Crippen LogP contribution in [-0.4, -0.2) is 35.8 Å². The molecule has 1 aliphatic heterocycles. The highest BCUT2D eigenvalue weighted by Crippen LogP contribution is 2.19. The van der Waals surface area contributed by atoms with Crippen LogP contribution >= 0.6 is 11.3 Å². The van der Waals surface area contributed by atoms with Gasteiger partial charge in [-0.05, 0) is 6.07 Å². The quantitative estimate of drug-likeness (QED) is 0.713. The van der Waals surface area contributed by atoms with Crippen LogP contribution in [0.3, 0.4) is 0 Å². The van der Waals surface area contributed by atoms with Crippen molar-refractivity contribution >= 4 is 11.3 Å². The zero-order valence-electron chi connectivity index (χ0n) is 13.2. The van der Waals surface area contributed by atoms with Crippen LogP contribution in [0, 0.1) is 5.92 Å². The van der Waals surface area contributed by atoms with Crippen LogP contribution in [0.4, 0.5) is 0 Å². The zero-order chi connectivity index (χ0) is 16.4. The highest BCUT2D eigenvalue weighted by Gasteiger charge is 2.23. The van der Waals surface area contributed by atoms with Crippen molar-refractivity contribution in [3.63, 3.8) is 0 Å². The Morgan fingerprint density at radius 2 is 2.17 bits per heavy atom. The van der Waals surface area contributed by atoms with E-state index in [-0.39, 0.29) is 11.5 Å². The molecule has 7 nitrogen and oxygen atoms in total. The van der Waals surface area contributed by atoms with Crippen LogP contribution in [-0.2, 0) is 26.2 Å². The van der Waals surface area contributed by atoms with Crippen molar-refractivity contribution in [1.82, 2.24) is 29.2 Å². The maximum atomic E-state index is 12.0. The van der Waals surface area contributed by atoms with Gasteiger partial charge in [0.1, 0.15) is 10.8 Å². The number of thiazole rings is 1. The predicted molar refractivity (Wildman–Crippen MR) is 90.4 cm³/mol. The molecule has 1 aliphatic rings. The van der Waals surface area contributed by atoms with Crippen LogP contribution in [0.15, 0.2) is 47.1 Å². The molecule has 0 amide bonds. The molecule has 0 fully saturated rings. The first kappa shape index (κ1) is 15.2. The van der Waals surface area contributed by atoms with E-state index in [9.17, 15) is 4.79 Å². The van der Waals surface area contributed by atoms with Gasteiger partial charge in [0.2, 0.25) is 0 Å². The molecule has 0 N–H and O–H groups in total. The summed E-state index contributed by atoms with van der Waals surface area (Å²) in [6, 6.07) is 3.23. The lowest BCUT2D eigenvalue weighted by Gasteiger charge is -2.23. The van der Waals surface area contributed by atoms with Gasteiger partial charge in [-0.25, -0.2) is 14.6 Å². The molecule has 4 rings (SSSR count). The number of rotatable bonds is 4. The first-order chi connectivity index (χ1) is 11.8. The average molecular weight is 342 g/mol. The van der Waals surface area contributed by atoms with Gasteiger partial charge in [0.05, 0.1) is 19.6 Å². The Morgan fingerprint density at radius 3 is 3.00 bits per heavy atom. The van der Waals surface area contributed by atoms with E-state index < -0.39 is 0 Å². The van der Waals surface area contributed by atoms with E-state index in [0.29, 0.717) is 6.54 Å². The van der Waals surface area contributed by atoms with Gasteiger partial charge in [-0.1, -0.05) is 0 Å². The van der Waals surface area contributed by atoms with E-state index in [4.69, 9.17) is 0 Å². The predicted octanol–water partition coefficient (Wildman–Crippen LogP) is 1.23. The van der Waals surface area contributed by atoms with Crippen molar-refractivity contribution in [3.05, 3.63) is 63.5 Å². The SMILES string of the molecule is O=c1cccnn1C[C@H]1CN(Cc2nccs2)Cc2nccn2C1. The smallest absolute Gasteiger partial charge is 0.266 e. The summed E-state index contributed by atoms with van der Waals surface area (Å²) in [6.07, 6.45) is 7.35. The number of fused-ring (bicyclic) bond motifs is 1. The highest BCUT2D eigenvalue weighted by atomic mass is 32.1. The Balaban J connectivity index is 1.57. The third-order valence-corrected chi connectivity index (χ3v) is 4.96. The molecule has 8 heteroatoms. The van der Waals surface area contributed by atoms with Gasteiger partial charge in [0.15, 0.2) is 0 Å². The minimum absolute atomic E-state index is 0.0564. The summed E-state index contributed by atoms with van der Waals surface area (Å²) < 4.78 is 3.73. The van der Waals surface area contributed by atoms with Crippen LogP contribution in [0.25, 0.3) is 0 Å². The summed E-state index contributed by atoms with van der Waals surface area (Å²) in [5.74, 6) is 1.34. The lowest BCUT2D eigenvalue weighted by molar-refractivity contribution is 0.203. The molecule has 0 unspecified atom stereocenters. The topological polar surface area (TPSA) is 68.8 Å². The molecular formula is C16H18N6OS. The van der Waals surface area contributed by atoms with Crippen molar-refractivity contribution in [3.8, 4) is 0 Å². The molecule has 4 heterocycles. The van der Waals surface area contributed by atoms with Crippen molar-refractivity contribution in [2.45, 2.75) is 26.2 Å². The molecule has 124 valence electrons. The molecule has 24 heavy (non-hydrogen) atoms. The summed E-state index contributed by atoms with van der Waals surface area (Å²) in [4.78, 5) is 23.2. The monoisotopic (exact) mass is 342 g/mol. The summed E-state index contributed by atoms with van der Waals surface area (Å²) in [6.45, 7) is 3.92. The van der Waals surface area contributed by atoms with Crippen molar-refractivity contribution in [2.24, 2.45) is 5.92 Å². The Labute approximate surface area is 143 Å². The average Bonchev–Trinajstić information content (AvgIpc) is 3.19. The first-order valence-electron chi connectivity index (χ1n) is 7.91. The Hall–Kier alpha value is -2.32. The number of hydrogen-bond donors (Lipinski definition) is 0. The van der Waals surface area contributed by atoms with Gasteiger partial charge < -0.3 is 4.57 Å². The molecule has 0 spiro atoms. The second-order valence-electron chi connectivity index (χ2n) is 6.00. The number of hydrogen-bond acceptors (Lipinski definition) is 6. The number of aromatic nitrogens is 5. The van der Waals surface area contributed by atoms with Crippen LogP contribution in [0.5, 0.6) is 0 Å². The van der Waals surface area contributed by atoms with Gasteiger partial charge >= 0.3 is 0 Å². The minimum Gasteiger partial charge on any atom is -0.333 e. The standard InChI is InChI=1S/C16H18N6OS/c23-16-2-1-3-19-22(16)10-13-8-20(12-15-18-5-7-24-15)11-14-17-4-6-21(14)9-13/h1-7,13H,8-12H2/t13-/m0/s1. The van der Waals surface area contributed by atoms with Gasteiger partial charge in [-0.3, -0.25) is 9.69 Å². The fourth-order valence-electron chi connectivity index (χ4n) is 3.15. The highest BCUT2D eigenvalue weighted by molar-refractivity contribution is 7.09. The summed E-state index contributed by atoms with van der Waals surface area (Å²) in [7, 11) is 0. The second kappa shape index (κ2) is 6.66. The third kappa shape index (κ3) is 3.29. The van der Waals surface area contributed by atoms with Gasteiger partial charge in [0.25, 0.3) is 5.56 Å². The van der Waals surface area contributed by atoms with Gasteiger partial charge in [0, 0.05) is 55.2 Å². The first-order valence-corrected chi connectivity index (χ1v) is 8.79. The lowest BCUT2D eigenvalue weighted by Crippen LogP contribution is -2.33. The van der Waals surface area contributed by atoms with E-state index in [1.165, 1.54) is 0 Å². The number of nitrogens with zero attached hydrogens (tertiary/aromatic N) is 6. The normalized spacial score (nSPS) is 18.2. The van der Waals surface area contributed by atoms with E-state index in [2.05, 4.69) is 24.5 Å². The van der Waals surface area contributed by atoms with Gasteiger partial charge in [-0.15, -0.1) is 11.3 Å². The molecule has 0 aliphatic carbocycles. The molecule has 3 aromatic rings. The number of imidazole rings is 1. The Bertz CT molecular complexity index is 855. The fraction of sp³-hybridized carbons (Fsp3) is 0.375. The Kier molecular flexibility index (Phi) is 4.22. The third-order valence-electron chi connectivity index (χ3n) is 4.20. The maximum absolute atomic E-state index is 12.0. The molecule has 0 aromatic carbocycles. The zero-order valence-corrected chi connectivity index (χ0v) is 14.0. The van der Waals surface area contributed by atoms with Gasteiger partial charge in [-0.2, -0.15) is 5.10 Å². The fourth-order valence-corrected chi connectivity index (χ4v) is 3.81. The minimum atomic E-state index is -0.0564. The second-order valence-corrected chi connectivity index (χ2v) is 6.98. The van der Waals surface area contributed by atoms with Crippen molar-refractivity contribution in [2.75, 3.05) is 6.54 Å². The molecule has 3 aromatic heterocycles. The van der Waals surface area contributed by atoms with E-state index >= 15 is 0 Å². The summed E-state index contributed by atoms with van der Waals surface area (Å²) >= 11 is 1.67. The molecule has 0 radical (unpaired) electrons. The lowest BCUT2D eigenvalue weighted by atomic mass is 10.1. The molecule has 0 bridgehead atoms. The summed E-state index contributed by atoms with van der Waals surface area (Å²) in [5, 5.41) is 7.30. The van der Waals surface area contributed by atoms with Crippen LogP contribution < -0.4 is 5.56 Å². The largest absolute Gasteiger partial charge is 0.333 e. The Morgan fingerprint density at radius 1 is 1.21 bits per heavy atom. The summed E-state index contributed by atoms with van der Waals surface area (Å²) in [5.41, 5.74) is -0.0564. The van der Waals surface area contributed by atoms with Crippen molar-refractivity contribution < 1.29 is 0 Å².